The summed E-state index contributed by atoms with van der Waals surface area (Å²) in [5.41, 5.74) is 0. The van der Waals surface area contributed by atoms with Crippen LogP contribution in [-0.4, -0.2) is 36.0 Å². The van der Waals surface area contributed by atoms with Crippen LogP contribution in [-0.2, 0) is 9.53 Å². The molecule has 0 rings (SSSR count). The fraction of sp³-hybridized carbons (Fsp3) is 0.938. The molecule has 0 aromatic carbocycles. The molecule has 0 aliphatic heterocycles. The minimum atomic E-state index is -0.157. The molecule has 0 bridgehead atoms. The van der Waals surface area contributed by atoms with Crippen LogP contribution in [0.5, 0.6) is 0 Å². The van der Waals surface area contributed by atoms with E-state index in [2.05, 4.69) is 6.92 Å². The quantitative estimate of drug-likeness (QED) is 0.427. The number of aliphatic hydroxyl groups is 2. The van der Waals surface area contributed by atoms with Crippen LogP contribution >= 0.6 is 0 Å². The third kappa shape index (κ3) is 26.1. The van der Waals surface area contributed by atoms with E-state index in [1.54, 1.807) is 0 Å². The molecular formula is C16H34O4. The lowest BCUT2D eigenvalue weighted by Gasteiger charge is -2.02. The van der Waals surface area contributed by atoms with E-state index in [1.165, 1.54) is 64.7 Å². The molecule has 0 amide bonds. The number of unbranched alkanes of at least 4 members (excludes halogenated alkanes) is 9. The minimum absolute atomic E-state index is 0.125. The molecule has 0 aliphatic rings. The summed E-state index contributed by atoms with van der Waals surface area (Å²) in [5.74, 6) is -0.157. The standard InChI is InChI=1S/C14H28O2.C2H6O2/c1-3-4-5-6-7-8-9-10-11-12-13-16-14(2)15;3-1-2-4/h3-13H2,1-2H3;3-4H,1-2H2. The van der Waals surface area contributed by atoms with Gasteiger partial charge in [-0.15, -0.1) is 0 Å². The largest absolute Gasteiger partial charge is 0.466 e. The van der Waals surface area contributed by atoms with Crippen molar-refractivity contribution in [3.05, 3.63) is 0 Å². The van der Waals surface area contributed by atoms with Crippen LogP contribution in [0.25, 0.3) is 0 Å². The third-order valence-corrected chi connectivity index (χ3v) is 2.90. The molecular weight excluding hydrogens is 256 g/mol. The van der Waals surface area contributed by atoms with E-state index in [9.17, 15) is 4.79 Å². The second-order valence-electron chi connectivity index (χ2n) is 4.97. The molecule has 0 heterocycles. The molecule has 0 aromatic rings. The van der Waals surface area contributed by atoms with Gasteiger partial charge in [0.15, 0.2) is 0 Å². The molecule has 4 heteroatoms. The van der Waals surface area contributed by atoms with Crippen molar-refractivity contribution in [1.82, 2.24) is 0 Å². The van der Waals surface area contributed by atoms with Gasteiger partial charge < -0.3 is 14.9 Å². The molecule has 0 saturated heterocycles. The van der Waals surface area contributed by atoms with Crippen molar-refractivity contribution in [2.45, 2.75) is 78.1 Å². The molecule has 0 spiro atoms. The predicted octanol–water partition coefficient (Wildman–Crippen LogP) is 3.44. The number of carbonyl (C=O) groups excluding carboxylic acids is 1. The van der Waals surface area contributed by atoms with E-state index in [0.29, 0.717) is 6.61 Å². The normalized spacial score (nSPS) is 9.80. The molecule has 20 heavy (non-hydrogen) atoms. The Kier molecular flexibility index (Phi) is 22.4. The van der Waals surface area contributed by atoms with Crippen LogP contribution in [0.2, 0.25) is 0 Å². The maximum Gasteiger partial charge on any atom is 0.302 e. The van der Waals surface area contributed by atoms with Gasteiger partial charge >= 0.3 is 5.97 Å². The number of esters is 1. The lowest BCUT2D eigenvalue weighted by molar-refractivity contribution is -0.141. The lowest BCUT2D eigenvalue weighted by atomic mass is 10.1. The fourth-order valence-electron chi connectivity index (χ4n) is 1.81. The molecule has 0 radical (unpaired) electrons. The van der Waals surface area contributed by atoms with Crippen LogP contribution < -0.4 is 0 Å². The van der Waals surface area contributed by atoms with E-state index in [1.807, 2.05) is 0 Å². The Balaban J connectivity index is 0. The first-order chi connectivity index (χ1) is 9.68. The highest BCUT2D eigenvalue weighted by atomic mass is 16.5. The van der Waals surface area contributed by atoms with Crippen molar-refractivity contribution in [3.63, 3.8) is 0 Å². The van der Waals surface area contributed by atoms with Crippen LogP contribution in [0, 0.1) is 0 Å². The van der Waals surface area contributed by atoms with Crippen molar-refractivity contribution < 1.29 is 19.7 Å². The van der Waals surface area contributed by atoms with Gasteiger partial charge in [-0.2, -0.15) is 0 Å². The first-order valence-corrected chi connectivity index (χ1v) is 8.04. The topological polar surface area (TPSA) is 66.8 Å². The summed E-state index contributed by atoms with van der Waals surface area (Å²) in [5, 5.41) is 15.2. The van der Waals surface area contributed by atoms with Gasteiger partial charge in [-0.3, -0.25) is 4.79 Å². The Labute approximate surface area is 124 Å². The second-order valence-corrected chi connectivity index (χ2v) is 4.97. The zero-order valence-corrected chi connectivity index (χ0v) is 13.4. The molecule has 0 fully saturated rings. The van der Waals surface area contributed by atoms with Crippen molar-refractivity contribution in [1.29, 1.82) is 0 Å². The molecule has 0 saturated carbocycles. The molecule has 0 atom stereocenters. The van der Waals surface area contributed by atoms with Gasteiger partial charge in [-0.25, -0.2) is 0 Å². The molecule has 122 valence electrons. The summed E-state index contributed by atoms with van der Waals surface area (Å²) in [4.78, 5) is 10.5. The first kappa shape index (κ1) is 21.7. The zero-order valence-electron chi connectivity index (χ0n) is 13.4. The first-order valence-electron chi connectivity index (χ1n) is 8.04. The van der Waals surface area contributed by atoms with Crippen molar-refractivity contribution in [3.8, 4) is 0 Å². The SMILES string of the molecule is CCCCCCCCCCCCOC(C)=O.OCCO. The van der Waals surface area contributed by atoms with Gasteiger partial charge in [0.25, 0.3) is 0 Å². The van der Waals surface area contributed by atoms with Crippen LogP contribution in [0.1, 0.15) is 78.1 Å². The predicted molar refractivity (Wildman–Crippen MR) is 82.6 cm³/mol. The Hall–Kier alpha value is -0.610. The second kappa shape index (κ2) is 20.7. The Morgan fingerprint density at radius 1 is 0.800 bits per heavy atom. The monoisotopic (exact) mass is 290 g/mol. The fourth-order valence-corrected chi connectivity index (χ4v) is 1.81. The molecule has 2 N–H and O–H groups in total. The molecule has 0 aliphatic carbocycles. The summed E-state index contributed by atoms with van der Waals surface area (Å²) >= 11 is 0. The number of carbonyl (C=O) groups is 1. The zero-order chi connectivity index (χ0) is 15.5. The minimum Gasteiger partial charge on any atom is -0.466 e. The van der Waals surface area contributed by atoms with Crippen LogP contribution in [0.3, 0.4) is 0 Å². The molecule has 0 aromatic heterocycles. The van der Waals surface area contributed by atoms with Crippen LogP contribution in [0.15, 0.2) is 0 Å². The molecule has 0 unspecified atom stereocenters. The average molecular weight is 290 g/mol. The highest BCUT2D eigenvalue weighted by Crippen LogP contribution is 2.10. The number of ether oxygens (including phenoxy) is 1. The van der Waals surface area contributed by atoms with E-state index in [4.69, 9.17) is 14.9 Å². The summed E-state index contributed by atoms with van der Waals surface area (Å²) in [6, 6.07) is 0. The van der Waals surface area contributed by atoms with Gasteiger partial charge in [0, 0.05) is 6.92 Å². The maximum absolute atomic E-state index is 10.5. The summed E-state index contributed by atoms with van der Waals surface area (Å²) in [6.45, 7) is 4.07. The number of hydrogen-bond donors (Lipinski definition) is 2. The smallest absolute Gasteiger partial charge is 0.302 e. The summed E-state index contributed by atoms with van der Waals surface area (Å²) < 4.78 is 4.87. The number of hydrogen-bond acceptors (Lipinski definition) is 4. The van der Waals surface area contributed by atoms with Gasteiger partial charge in [0.1, 0.15) is 0 Å². The summed E-state index contributed by atoms with van der Waals surface area (Å²) in [7, 11) is 0. The van der Waals surface area contributed by atoms with Gasteiger partial charge in [0.2, 0.25) is 0 Å². The Bertz CT molecular complexity index is 181. The third-order valence-electron chi connectivity index (χ3n) is 2.90. The van der Waals surface area contributed by atoms with E-state index in [0.717, 1.165) is 6.42 Å². The van der Waals surface area contributed by atoms with Crippen molar-refractivity contribution in [2.75, 3.05) is 19.8 Å². The van der Waals surface area contributed by atoms with Gasteiger partial charge in [-0.05, 0) is 6.42 Å². The van der Waals surface area contributed by atoms with E-state index in [-0.39, 0.29) is 19.2 Å². The van der Waals surface area contributed by atoms with Crippen molar-refractivity contribution >= 4 is 5.97 Å². The molecule has 4 nitrogen and oxygen atoms in total. The van der Waals surface area contributed by atoms with E-state index < -0.39 is 0 Å². The lowest BCUT2D eigenvalue weighted by Crippen LogP contribution is -2.00. The van der Waals surface area contributed by atoms with Crippen molar-refractivity contribution in [2.24, 2.45) is 0 Å². The van der Waals surface area contributed by atoms with E-state index >= 15 is 0 Å². The Morgan fingerprint density at radius 2 is 1.20 bits per heavy atom. The number of aliphatic hydroxyl groups excluding tert-OH is 2. The highest BCUT2D eigenvalue weighted by molar-refractivity contribution is 5.65. The maximum atomic E-state index is 10.5. The average Bonchev–Trinajstić information content (AvgIpc) is 2.44. The summed E-state index contributed by atoms with van der Waals surface area (Å²) in [6.07, 6.45) is 13.1. The van der Waals surface area contributed by atoms with Crippen LogP contribution in [0.4, 0.5) is 0 Å². The number of rotatable bonds is 12. The van der Waals surface area contributed by atoms with Gasteiger partial charge in [0.05, 0.1) is 19.8 Å². The van der Waals surface area contributed by atoms with Gasteiger partial charge in [-0.1, -0.05) is 64.7 Å². The highest BCUT2D eigenvalue weighted by Gasteiger charge is 1.94. The Morgan fingerprint density at radius 3 is 1.55 bits per heavy atom.